The SMILES string of the molecule is COc1ccc(CO[C@H]2C[C@H](C)C(=O)c3c2c(OC)c2cc(C)c4c(c2c3O)O[C@@]2(O)C3OC(C(CO)OC)(OC43)[C@]23CO3)cc1. The molecule has 8 rings (SSSR count). The molecular formula is C34H36O12. The molecule has 1 aliphatic carbocycles. The lowest BCUT2D eigenvalue weighted by atomic mass is 9.76. The number of carbonyl (C=O) groups is 1. The fourth-order valence-electron chi connectivity index (χ4n) is 8.06. The van der Waals surface area contributed by atoms with Crippen LogP contribution >= 0.6 is 0 Å². The van der Waals surface area contributed by atoms with E-state index in [2.05, 4.69) is 0 Å². The fraction of sp³-hybridized carbons (Fsp3) is 0.500. The zero-order chi connectivity index (χ0) is 32.3. The molecule has 3 aromatic rings. The van der Waals surface area contributed by atoms with Gasteiger partial charge in [0.05, 0.1) is 51.1 Å². The van der Waals surface area contributed by atoms with E-state index in [9.17, 15) is 20.1 Å². The summed E-state index contributed by atoms with van der Waals surface area (Å²) in [6.07, 6.45) is -3.01. The van der Waals surface area contributed by atoms with Gasteiger partial charge in [-0.2, -0.15) is 0 Å². The molecule has 3 fully saturated rings. The Morgan fingerprint density at radius 2 is 1.83 bits per heavy atom. The highest BCUT2D eigenvalue weighted by molar-refractivity contribution is 6.12. The fourth-order valence-corrected chi connectivity index (χ4v) is 8.06. The number of hydrogen-bond acceptors (Lipinski definition) is 12. The number of phenolic OH excluding ortho intramolecular Hbond substituents is 1. The van der Waals surface area contributed by atoms with E-state index in [0.717, 1.165) is 11.3 Å². The van der Waals surface area contributed by atoms with Crippen LogP contribution in [0.3, 0.4) is 0 Å². The maximum Gasteiger partial charge on any atom is 0.274 e. The van der Waals surface area contributed by atoms with Gasteiger partial charge in [0.15, 0.2) is 11.9 Å². The molecule has 12 heteroatoms. The van der Waals surface area contributed by atoms with Gasteiger partial charge in [-0.25, -0.2) is 0 Å². The number of ether oxygens (including phenoxy) is 8. The molecule has 3 saturated heterocycles. The average Bonchev–Trinajstić information content (AvgIpc) is 3.73. The van der Waals surface area contributed by atoms with E-state index in [1.807, 2.05) is 37.3 Å². The number of ketones is 1. The van der Waals surface area contributed by atoms with Crippen molar-refractivity contribution in [3.8, 4) is 23.0 Å². The lowest BCUT2D eigenvalue weighted by Gasteiger charge is -2.47. The van der Waals surface area contributed by atoms with E-state index in [0.29, 0.717) is 34.2 Å². The first-order valence-corrected chi connectivity index (χ1v) is 15.3. The predicted octanol–water partition coefficient (Wildman–Crippen LogP) is 3.38. The van der Waals surface area contributed by atoms with Crippen LogP contribution in [-0.2, 0) is 30.3 Å². The van der Waals surface area contributed by atoms with Crippen LogP contribution in [0.15, 0.2) is 30.3 Å². The predicted molar refractivity (Wildman–Crippen MR) is 159 cm³/mol. The monoisotopic (exact) mass is 636 g/mol. The molecule has 0 amide bonds. The molecule has 12 nitrogen and oxygen atoms in total. The highest BCUT2D eigenvalue weighted by Crippen LogP contribution is 2.71. The number of Topliss-reactive ketones (excluding diaryl/α,β-unsaturated/α-hetero) is 1. The first-order valence-electron chi connectivity index (χ1n) is 15.3. The van der Waals surface area contributed by atoms with Gasteiger partial charge in [0.25, 0.3) is 5.79 Å². The Morgan fingerprint density at radius 1 is 1.09 bits per heavy atom. The minimum atomic E-state index is -2.05. The van der Waals surface area contributed by atoms with E-state index in [4.69, 9.17) is 37.9 Å². The second-order valence-corrected chi connectivity index (χ2v) is 12.7. The number of aliphatic hydroxyl groups excluding tert-OH is 1. The summed E-state index contributed by atoms with van der Waals surface area (Å²) < 4.78 is 48.3. The molecule has 1 spiro atoms. The highest BCUT2D eigenvalue weighted by Gasteiger charge is 2.92. The summed E-state index contributed by atoms with van der Waals surface area (Å²) in [6.45, 7) is 3.50. The molecule has 4 aliphatic heterocycles. The summed E-state index contributed by atoms with van der Waals surface area (Å²) in [4.78, 5) is 13.8. The van der Waals surface area contributed by atoms with Gasteiger partial charge in [-0.05, 0) is 42.7 Å². The first-order chi connectivity index (χ1) is 22.1. The number of phenols is 1. The number of benzene rings is 3. The molecule has 3 N–H and O–H groups in total. The van der Waals surface area contributed by atoms with Crippen molar-refractivity contribution in [1.82, 2.24) is 0 Å². The molecule has 4 heterocycles. The summed E-state index contributed by atoms with van der Waals surface area (Å²) in [6, 6.07) is 9.37. The number of rotatable bonds is 8. The quantitative estimate of drug-likeness (QED) is 0.311. The van der Waals surface area contributed by atoms with Crippen molar-refractivity contribution in [3.63, 3.8) is 0 Å². The van der Waals surface area contributed by atoms with E-state index >= 15 is 0 Å². The van der Waals surface area contributed by atoms with Crippen LogP contribution in [-0.4, -0.2) is 85.0 Å². The van der Waals surface area contributed by atoms with Crippen molar-refractivity contribution in [2.75, 3.05) is 34.5 Å². The summed E-state index contributed by atoms with van der Waals surface area (Å²) in [5.74, 6) is -3.44. The molecule has 0 saturated carbocycles. The van der Waals surface area contributed by atoms with Crippen LogP contribution in [0.2, 0.25) is 0 Å². The molecule has 8 atom stereocenters. The van der Waals surface area contributed by atoms with Crippen LogP contribution in [0, 0.1) is 12.8 Å². The summed E-state index contributed by atoms with van der Waals surface area (Å²) in [7, 11) is 4.53. The number of aryl methyl sites for hydroxylation is 1. The zero-order valence-corrected chi connectivity index (χ0v) is 26.1. The molecule has 244 valence electrons. The van der Waals surface area contributed by atoms with E-state index in [1.54, 1.807) is 14.0 Å². The number of aliphatic hydroxyl groups is 2. The largest absolute Gasteiger partial charge is 0.506 e. The number of hydrogen-bond donors (Lipinski definition) is 3. The first kappa shape index (κ1) is 29.9. The van der Waals surface area contributed by atoms with E-state index in [-0.39, 0.29) is 41.4 Å². The van der Waals surface area contributed by atoms with Crippen LogP contribution < -0.4 is 14.2 Å². The van der Waals surface area contributed by atoms with Crippen molar-refractivity contribution in [2.45, 2.75) is 68.5 Å². The second-order valence-electron chi connectivity index (χ2n) is 12.7. The van der Waals surface area contributed by atoms with Gasteiger partial charge >= 0.3 is 0 Å². The van der Waals surface area contributed by atoms with Gasteiger partial charge in [0.2, 0.25) is 11.4 Å². The lowest BCUT2D eigenvalue weighted by molar-refractivity contribution is -0.307. The van der Waals surface area contributed by atoms with Crippen molar-refractivity contribution in [1.29, 1.82) is 0 Å². The van der Waals surface area contributed by atoms with Gasteiger partial charge < -0.3 is 53.2 Å². The standard InChI is InChI=1S/C34H36O12/c1-15-10-19-23(29-22(15)30-31-33(38,44-29)32(14-43-32)34(45-30,46-31)21(12-35)40-4)27(37)25-24(28(19)41-5)20(11-16(2)26(25)36)42-13-17-6-8-18(39-3)9-7-17/h6-10,16,20-21,30-31,35,37-38H,11-14H2,1-5H3/t16-,20-,21?,30?,31?,32-,33-,34?/m0/s1. The third kappa shape index (κ3) is 3.55. The second kappa shape index (κ2) is 10.0. The highest BCUT2D eigenvalue weighted by atomic mass is 16.9. The number of methoxy groups -OCH3 is 3. The smallest absolute Gasteiger partial charge is 0.274 e. The van der Waals surface area contributed by atoms with Crippen molar-refractivity contribution in [2.24, 2.45) is 5.92 Å². The zero-order valence-electron chi connectivity index (χ0n) is 26.1. The lowest BCUT2D eigenvalue weighted by Crippen LogP contribution is -2.69. The minimum Gasteiger partial charge on any atom is -0.506 e. The molecule has 0 aromatic heterocycles. The molecule has 0 radical (unpaired) electrons. The van der Waals surface area contributed by atoms with Gasteiger partial charge in [0, 0.05) is 29.5 Å². The van der Waals surface area contributed by atoms with Gasteiger partial charge in [-0.1, -0.05) is 19.1 Å². The summed E-state index contributed by atoms with van der Waals surface area (Å²) in [5, 5.41) is 35.1. The van der Waals surface area contributed by atoms with Crippen molar-refractivity contribution >= 4 is 16.6 Å². The molecule has 4 unspecified atom stereocenters. The number of fused-ring (bicyclic) bond motifs is 8. The Kier molecular flexibility index (Phi) is 6.50. The average molecular weight is 637 g/mol. The molecular weight excluding hydrogens is 600 g/mol. The van der Waals surface area contributed by atoms with Crippen molar-refractivity contribution < 1.29 is 58.0 Å². The van der Waals surface area contributed by atoms with Crippen LogP contribution in [0.5, 0.6) is 23.0 Å². The Labute approximate surface area is 264 Å². The van der Waals surface area contributed by atoms with Crippen molar-refractivity contribution in [3.05, 3.63) is 58.1 Å². The van der Waals surface area contributed by atoms with Crippen LogP contribution in [0.1, 0.15) is 58.2 Å². The maximum absolute atomic E-state index is 13.8. The summed E-state index contributed by atoms with van der Waals surface area (Å²) in [5.41, 5.74) is 1.24. The van der Waals surface area contributed by atoms with Gasteiger partial charge in [-0.15, -0.1) is 0 Å². The Bertz CT molecular complexity index is 1760. The third-order valence-electron chi connectivity index (χ3n) is 10.4. The molecule has 3 aromatic carbocycles. The van der Waals surface area contributed by atoms with E-state index in [1.165, 1.54) is 14.2 Å². The van der Waals surface area contributed by atoms with Crippen LogP contribution in [0.4, 0.5) is 0 Å². The number of epoxide rings is 1. The molecule has 2 bridgehead atoms. The van der Waals surface area contributed by atoms with Gasteiger partial charge in [0.1, 0.15) is 35.2 Å². The van der Waals surface area contributed by atoms with Gasteiger partial charge in [-0.3, -0.25) is 4.79 Å². The number of carbonyl (C=O) groups excluding carboxylic acids is 1. The molecule has 46 heavy (non-hydrogen) atoms. The normalized spacial score (nSPS) is 33.9. The Balaban J connectivity index is 1.29. The summed E-state index contributed by atoms with van der Waals surface area (Å²) >= 11 is 0. The third-order valence-corrected chi connectivity index (χ3v) is 10.4. The van der Waals surface area contributed by atoms with Crippen LogP contribution in [0.25, 0.3) is 10.8 Å². The van der Waals surface area contributed by atoms with E-state index < -0.39 is 54.1 Å². The Morgan fingerprint density at radius 3 is 2.46 bits per heavy atom. The number of aromatic hydroxyl groups is 1. The maximum atomic E-state index is 13.8. The Hall–Kier alpha value is -3.49. The minimum absolute atomic E-state index is 0.0274. The topological polar surface area (TPSA) is 155 Å². The molecule has 5 aliphatic rings.